The lowest BCUT2D eigenvalue weighted by Gasteiger charge is -2.60. The van der Waals surface area contributed by atoms with Crippen LogP contribution in [0.4, 0.5) is 0 Å². The smallest absolute Gasteiger partial charge is 0.308 e. The Hall–Kier alpha value is -2.74. The molecule has 0 unspecified atom stereocenters. The van der Waals surface area contributed by atoms with Crippen molar-refractivity contribution in [1.29, 1.82) is 0 Å². The Kier molecular flexibility index (Phi) is 8.20. The molecule has 2 bridgehead atoms. The Balaban J connectivity index is 1.45. The largest absolute Gasteiger partial charge is 0.493 e. The van der Waals surface area contributed by atoms with Crippen molar-refractivity contribution in [2.24, 2.45) is 11.8 Å². The number of hydrogen-bond acceptors (Lipinski definition) is 6. The van der Waals surface area contributed by atoms with Crippen LogP contribution in [-0.4, -0.2) is 66.6 Å². The Morgan fingerprint density at radius 2 is 2.00 bits per heavy atom. The summed E-state index contributed by atoms with van der Waals surface area (Å²) in [6, 6.07) is 7.32. The zero-order valence-corrected chi connectivity index (χ0v) is 26.8. The normalized spacial score (nSPS) is 26.9. The van der Waals surface area contributed by atoms with E-state index in [9.17, 15) is 9.59 Å². The van der Waals surface area contributed by atoms with Gasteiger partial charge in [-0.05, 0) is 61.8 Å². The van der Waals surface area contributed by atoms with Gasteiger partial charge in [0.2, 0.25) is 5.91 Å². The van der Waals surface area contributed by atoms with Crippen LogP contribution >= 0.6 is 23.2 Å². The van der Waals surface area contributed by atoms with Crippen LogP contribution in [0, 0.1) is 11.8 Å². The number of likely N-dealkylation sites (tertiary alicyclic amines) is 1. The zero-order valence-electron chi connectivity index (χ0n) is 25.3. The van der Waals surface area contributed by atoms with Gasteiger partial charge in [-0.2, -0.15) is 0 Å². The van der Waals surface area contributed by atoms with Crippen molar-refractivity contribution < 1.29 is 23.8 Å². The molecule has 43 heavy (non-hydrogen) atoms. The average Bonchev–Trinajstić information content (AvgIpc) is 3.30. The summed E-state index contributed by atoms with van der Waals surface area (Å²) in [7, 11) is 1.62. The van der Waals surface area contributed by atoms with Gasteiger partial charge in [0.05, 0.1) is 29.6 Å². The predicted octanol–water partition coefficient (Wildman–Crippen LogP) is 6.25. The highest BCUT2D eigenvalue weighted by Gasteiger charge is 2.67. The molecule has 1 saturated carbocycles. The number of carbonyl (C=O) groups is 2. The van der Waals surface area contributed by atoms with Gasteiger partial charge in [0, 0.05) is 48.7 Å². The molecule has 2 aliphatic heterocycles. The molecule has 1 spiro atoms. The molecule has 0 aromatic heterocycles. The van der Waals surface area contributed by atoms with Gasteiger partial charge in [0.25, 0.3) is 0 Å². The number of amides is 1. The van der Waals surface area contributed by atoms with E-state index in [1.807, 2.05) is 12.1 Å². The Labute approximate surface area is 264 Å². The number of esters is 1. The molecule has 1 saturated heterocycles. The molecule has 2 aliphatic carbocycles. The van der Waals surface area contributed by atoms with Crippen molar-refractivity contribution in [1.82, 2.24) is 9.80 Å². The Bertz CT molecular complexity index is 1460. The first-order valence-electron chi connectivity index (χ1n) is 15.3. The van der Waals surface area contributed by atoms with Crippen LogP contribution in [0.3, 0.4) is 0 Å². The molecule has 0 radical (unpaired) electrons. The van der Waals surface area contributed by atoms with E-state index in [0.717, 1.165) is 61.2 Å². The quantitative estimate of drug-likeness (QED) is 0.186. The van der Waals surface area contributed by atoms with Crippen molar-refractivity contribution in [3.8, 4) is 17.2 Å². The minimum atomic E-state index is -0.362. The molecule has 5 atom stereocenters. The fourth-order valence-electron chi connectivity index (χ4n) is 8.49. The van der Waals surface area contributed by atoms with Crippen LogP contribution in [0.1, 0.15) is 56.7 Å². The van der Waals surface area contributed by atoms with Crippen molar-refractivity contribution in [2.75, 3.05) is 26.7 Å². The van der Waals surface area contributed by atoms with Crippen LogP contribution in [0.5, 0.6) is 17.2 Å². The molecule has 230 valence electrons. The zero-order chi connectivity index (χ0) is 30.6. The third-order valence-corrected chi connectivity index (χ3v) is 10.7. The first kappa shape index (κ1) is 30.3. The number of rotatable bonds is 9. The minimum Gasteiger partial charge on any atom is -0.493 e. The molecular weight excluding hydrogens is 587 g/mol. The third kappa shape index (κ3) is 5.01. The van der Waals surface area contributed by atoms with Crippen LogP contribution in [0.25, 0.3) is 0 Å². The van der Waals surface area contributed by atoms with Gasteiger partial charge in [-0.15, -0.1) is 6.58 Å². The molecular formula is C34H40Cl2N2O5. The van der Waals surface area contributed by atoms with Crippen molar-refractivity contribution >= 4 is 35.1 Å². The molecule has 0 N–H and O–H groups in total. The third-order valence-electron chi connectivity index (χ3n) is 9.93. The Morgan fingerprint density at radius 3 is 2.67 bits per heavy atom. The average molecular weight is 628 g/mol. The summed E-state index contributed by atoms with van der Waals surface area (Å²) in [4.78, 5) is 31.0. The maximum Gasteiger partial charge on any atom is 0.308 e. The monoisotopic (exact) mass is 626 g/mol. The lowest BCUT2D eigenvalue weighted by atomic mass is 9.50. The van der Waals surface area contributed by atoms with Crippen LogP contribution < -0.4 is 14.2 Å². The molecule has 2 aromatic rings. The lowest BCUT2D eigenvalue weighted by Crippen LogP contribution is -2.69. The topological polar surface area (TPSA) is 68.3 Å². The molecule has 2 heterocycles. The number of ether oxygens (including phenoxy) is 3. The van der Waals surface area contributed by atoms with Gasteiger partial charge in [0.15, 0.2) is 11.5 Å². The van der Waals surface area contributed by atoms with E-state index in [1.54, 1.807) is 25.3 Å². The predicted molar refractivity (Wildman–Crippen MR) is 168 cm³/mol. The highest BCUT2D eigenvalue weighted by molar-refractivity contribution is 6.42. The summed E-state index contributed by atoms with van der Waals surface area (Å²) in [6.45, 7) is 12.1. The molecule has 2 aromatic carbocycles. The van der Waals surface area contributed by atoms with Gasteiger partial charge < -0.3 is 19.1 Å². The second kappa shape index (κ2) is 11.6. The molecule has 2 fully saturated rings. The van der Waals surface area contributed by atoms with E-state index in [2.05, 4.69) is 30.2 Å². The number of hydrogen-bond donors (Lipinski definition) is 0. The molecule has 1 amide bonds. The van der Waals surface area contributed by atoms with E-state index < -0.39 is 0 Å². The molecule has 9 heteroatoms. The van der Waals surface area contributed by atoms with E-state index in [-0.39, 0.29) is 47.8 Å². The first-order chi connectivity index (χ1) is 20.6. The van der Waals surface area contributed by atoms with E-state index in [1.165, 1.54) is 6.92 Å². The Morgan fingerprint density at radius 1 is 1.21 bits per heavy atom. The van der Waals surface area contributed by atoms with E-state index in [4.69, 9.17) is 37.4 Å². The number of halogens is 2. The maximum absolute atomic E-state index is 14.2. The summed E-state index contributed by atoms with van der Waals surface area (Å²) >= 11 is 12.5. The van der Waals surface area contributed by atoms with Gasteiger partial charge in [0.1, 0.15) is 11.9 Å². The van der Waals surface area contributed by atoms with Crippen molar-refractivity contribution in [3.05, 3.63) is 63.7 Å². The van der Waals surface area contributed by atoms with Crippen LogP contribution in [0.15, 0.2) is 36.9 Å². The molecule has 4 aliphatic rings. The molecule has 6 rings (SSSR count). The highest BCUT2D eigenvalue weighted by atomic mass is 35.5. The summed E-state index contributed by atoms with van der Waals surface area (Å²) in [6.07, 6.45) is 5.42. The summed E-state index contributed by atoms with van der Waals surface area (Å²) in [5.41, 5.74) is 2.66. The van der Waals surface area contributed by atoms with Gasteiger partial charge in [-0.1, -0.05) is 49.2 Å². The second-order valence-electron chi connectivity index (χ2n) is 12.9. The second-order valence-corrected chi connectivity index (χ2v) is 13.7. The minimum absolute atomic E-state index is 0.0516. The van der Waals surface area contributed by atoms with Crippen LogP contribution in [0.2, 0.25) is 10.0 Å². The summed E-state index contributed by atoms with van der Waals surface area (Å²) in [5.74, 6) is 2.15. The van der Waals surface area contributed by atoms with Crippen molar-refractivity contribution in [2.45, 2.75) is 76.5 Å². The van der Waals surface area contributed by atoms with Gasteiger partial charge >= 0.3 is 5.97 Å². The van der Waals surface area contributed by atoms with E-state index >= 15 is 0 Å². The SMILES string of the molecule is C=CCN1CC[C@]23c4c5c(OC(C)=O)cc(OC)c4O[C@H]2[C@H](N(CC(C)C)C(=O)Cc2ccc(Cl)c(Cl)c2)CC[C@H]3[C@H]1C5. The fourth-order valence-corrected chi connectivity index (χ4v) is 8.81. The summed E-state index contributed by atoms with van der Waals surface area (Å²) in [5, 5.41) is 0.915. The number of methoxy groups -OCH3 is 1. The van der Waals surface area contributed by atoms with Gasteiger partial charge in [-0.3, -0.25) is 14.5 Å². The highest BCUT2D eigenvalue weighted by Crippen LogP contribution is 2.65. The number of piperidine rings is 1. The fraction of sp³-hybridized carbons (Fsp3) is 0.529. The maximum atomic E-state index is 14.2. The first-order valence-corrected chi connectivity index (χ1v) is 16.0. The standard InChI is InChI=1S/C34H40Cl2N2O5/c1-6-12-37-13-11-34-23-8-10-26(38(18-19(2)3)30(40)15-21-7-9-24(35)25(36)14-21)33(34)43-32-29(41-5)17-28(42-20(4)39)22(31(32)34)16-27(23)37/h6-7,9,14,17,19,23,26-27,33H,1,8,10-13,15-16,18H2,2-5H3/t23-,26+,27+,33-,34-/m0/s1. The molecule has 7 nitrogen and oxygen atoms in total. The number of benzene rings is 2. The van der Waals surface area contributed by atoms with Gasteiger partial charge in [-0.25, -0.2) is 0 Å². The van der Waals surface area contributed by atoms with Crippen molar-refractivity contribution in [3.63, 3.8) is 0 Å². The van der Waals surface area contributed by atoms with Crippen LogP contribution in [-0.2, 0) is 27.8 Å². The summed E-state index contributed by atoms with van der Waals surface area (Å²) < 4.78 is 18.7. The number of carbonyl (C=O) groups excluding carboxylic acids is 2. The van der Waals surface area contributed by atoms with E-state index in [0.29, 0.717) is 34.0 Å². The number of nitrogens with zero attached hydrogens (tertiary/aromatic N) is 2. The lowest BCUT2D eigenvalue weighted by molar-refractivity contribution is -0.143.